The van der Waals surface area contributed by atoms with Gasteiger partial charge in [-0.3, -0.25) is 0 Å². The first-order valence-electron chi connectivity index (χ1n) is 5.70. The van der Waals surface area contributed by atoms with Crippen molar-refractivity contribution >= 4 is 23.2 Å². The average molecular weight is 245 g/mol. The Hall–Kier alpha value is 0.0600. The summed E-state index contributed by atoms with van der Waals surface area (Å²) >= 11 is 13.0. The lowest BCUT2D eigenvalue weighted by Gasteiger charge is -2.39. The number of halogens is 2. The van der Waals surface area contributed by atoms with E-state index in [1.54, 1.807) is 0 Å². The van der Waals surface area contributed by atoms with Crippen LogP contribution in [0.4, 0.5) is 0 Å². The lowest BCUT2D eigenvalue weighted by atomic mass is 9.79. The normalized spacial score (nSPS) is 27.6. The van der Waals surface area contributed by atoms with E-state index in [0.717, 1.165) is 12.3 Å². The van der Waals surface area contributed by atoms with Gasteiger partial charge in [0.2, 0.25) is 0 Å². The summed E-state index contributed by atoms with van der Waals surface area (Å²) in [5.74, 6) is 0.934. The molecule has 15 heavy (non-hydrogen) atoms. The Kier molecular flexibility index (Phi) is 2.94. The van der Waals surface area contributed by atoms with Crippen molar-refractivity contribution < 1.29 is 0 Å². The van der Waals surface area contributed by atoms with Gasteiger partial charge < -0.3 is 0 Å². The molecule has 0 amide bonds. The number of alkyl halides is 2. The molecule has 0 N–H and O–H groups in total. The molecular formula is C13H18Cl2. The van der Waals surface area contributed by atoms with Gasteiger partial charge in [0.25, 0.3) is 0 Å². The predicted octanol–water partition coefficient (Wildman–Crippen LogP) is 4.87. The van der Waals surface area contributed by atoms with Gasteiger partial charge in [-0.1, -0.05) is 68.1 Å². The molecule has 0 radical (unpaired) electrons. The number of hydrogen-bond donors (Lipinski definition) is 0. The van der Waals surface area contributed by atoms with Gasteiger partial charge in [-0.15, -0.1) is 0 Å². The monoisotopic (exact) mass is 244 g/mol. The second kappa shape index (κ2) is 3.82. The van der Waals surface area contributed by atoms with E-state index in [0.29, 0.717) is 0 Å². The minimum atomic E-state index is -0.726. The van der Waals surface area contributed by atoms with Crippen molar-refractivity contribution in [3.05, 3.63) is 23.8 Å². The summed E-state index contributed by atoms with van der Waals surface area (Å²) in [5.41, 5.74) is 1.02. The standard InChI is InChI=1S/C13H18Cl2/c1-12(2)9-3-4-11(13(12,14)15)8-7-10-5-6-10/h3-4,9-10H,5-8H2,1-2H3. The molecule has 2 heteroatoms. The molecule has 0 aromatic carbocycles. The summed E-state index contributed by atoms with van der Waals surface area (Å²) in [6, 6.07) is 0. The molecule has 0 heterocycles. The van der Waals surface area contributed by atoms with Crippen LogP contribution in [0.1, 0.15) is 39.5 Å². The summed E-state index contributed by atoms with van der Waals surface area (Å²) in [4.78, 5) is 0. The first-order chi connectivity index (χ1) is 6.93. The van der Waals surface area contributed by atoms with Crippen LogP contribution in [0.25, 0.3) is 0 Å². The molecule has 0 bridgehead atoms. The molecule has 0 nitrogen and oxygen atoms in total. The number of rotatable bonds is 3. The highest BCUT2D eigenvalue weighted by Crippen LogP contribution is 2.51. The van der Waals surface area contributed by atoms with Crippen molar-refractivity contribution in [3.63, 3.8) is 0 Å². The second-order valence-electron chi connectivity index (χ2n) is 5.33. The van der Waals surface area contributed by atoms with Crippen molar-refractivity contribution in [2.45, 2.75) is 43.9 Å². The maximum absolute atomic E-state index is 6.48. The van der Waals surface area contributed by atoms with Crippen LogP contribution in [0.5, 0.6) is 0 Å². The second-order valence-corrected chi connectivity index (χ2v) is 6.66. The van der Waals surface area contributed by atoms with E-state index in [1.165, 1.54) is 24.8 Å². The van der Waals surface area contributed by atoms with Crippen molar-refractivity contribution in [3.8, 4) is 0 Å². The highest BCUT2D eigenvalue weighted by atomic mass is 35.5. The van der Waals surface area contributed by atoms with Crippen LogP contribution >= 0.6 is 23.2 Å². The number of allylic oxidation sites excluding steroid dienone is 4. The van der Waals surface area contributed by atoms with Gasteiger partial charge in [0, 0.05) is 5.41 Å². The maximum Gasteiger partial charge on any atom is 0.147 e. The molecule has 84 valence electrons. The van der Waals surface area contributed by atoms with Crippen LogP contribution in [0.15, 0.2) is 23.8 Å². The van der Waals surface area contributed by atoms with Crippen molar-refractivity contribution in [1.29, 1.82) is 0 Å². The van der Waals surface area contributed by atoms with Crippen molar-refractivity contribution in [2.75, 3.05) is 0 Å². The number of hydrogen-bond acceptors (Lipinski definition) is 0. The molecule has 0 aromatic heterocycles. The molecule has 1 saturated carbocycles. The Morgan fingerprint density at radius 2 is 2.00 bits per heavy atom. The predicted molar refractivity (Wildman–Crippen MR) is 67.4 cm³/mol. The van der Waals surface area contributed by atoms with E-state index in [1.807, 2.05) is 0 Å². The largest absolute Gasteiger partial charge is 0.147 e. The van der Waals surface area contributed by atoms with Gasteiger partial charge in [0.15, 0.2) is 0 Å². The minimum Gasteiger partial charge on any atom is -0.0957 e. The van der Waals surface area contributed by atoms with Crippen LogP contribution in [0.3, 0.4) is 0 Å². The third-order valence-corrected chi connectivity index (χ3v) is 5.00. The quantitative estimate of drug-likeness (QED) is 0.622. The highest BCUT2D eigenvalue weighted by Gasteiger charge is 2.44. The fourth-order valence-electron chi connectivity index (χ4n) is 2.03. The SMILES string of the molecule is CC1(C)C=CC=C(CCC2CC2)C1(Cl)Cl. The van der Waals surface area contributed by atoms with Crippen LogP contribution in [-0.4, -0.2) is 4.33 Å². The van der Waals surface area contributed by atoms with Crippen molar-refractivity contribution in [2.24, 2.45) is 11.3 Å². The summed E-state index contributed by atoms with van der Waals surface area (Å²) in [7, 11) is 0. The molecule has 0 unspecified atom stereocenters. The van der Waals surface area contributed by atoms with Crippen molar-refractivity contribution in [1.82, 2.24) is 0 Å². The Balaban J connectivity index is 2.08. The van der Waals surface area contributed by atoms with Gasteiger partial charge in [-0.05, 0) is 24.3 Å². The topological polar surface area (TPSA) is 0 Å². The van der Waals surface area contributed by atoms with E-state index < -0.39 is 4.33 Å². The van der Waals surface area contributed by atoms with Gasteiger partial charge in [0.1, 0.15) is 4.33 Å². The molecule has 2 aliphatic rings. The van der Waals surface area contributed by atoms with E-state index in [4.69, 9.17) is 23.2 Å². The first-order valence-corrected chi connectivity index (χ1v) is 6.46. The summed E-state index contributed by atoms with van der Waals surface area (Å²) in [6.07, 6.45) is 11.4. The van der Waals surface area contributed by atoms with Gasteiger partial charge in [-0.2, -0.15) is 0 Å². The van der Waals surface area contributed by atoms with Gasteiger partial charge >= 0.3 is 0 Å². The Morgan fingerprint density at radius 1 is 1.33 bits per heavy atom. The highest BCUT2D eigenvalue weighted by molar-refractivity contribution is 6.51. The van der Waals surface area contributed by atoms with Gasteiger partial charge in [-0.25, -0.2) is 0 Å². The van der Waals surface area contributed by atoms with E-state index in [-0.39, 0.29) is 5.41 Å². The minimum absolute atomic E-state index is 0.163. The van der Waals surface area contributed by atoms with Crippen LogP contribution < -0.4 is 0 Å². The first kappa shape index (κ1) is 11.5. The van der Waals surface area contributed by atoms with E-state index in [9.17, 15) is 0 Å². The zero-order valence-corrected chi connectivity index (χ0v) is 10.9. The molecule has 0 spiro atoms. The molecular weight excluding hydrogens is 227 g/mol. The maximum atomic E-state index is 6.48. The van der Waals surface area contributed by atoms with Crippen LogP contribution in [0.2, 0.25) is 0 Å². The summed E-state index contributed by atoms with van der Waals surface area (Å²) in [5, 5.41) is 0. The molecule has 0 atom stereocenters. The summed E-state index contributed by atoms with van der Waals surface area (Å²) in [6.45, 7) is 4.18. The molecule has 2 rings (SSSR count). The van der Waals surface area contributed by atoms with Crippen LogP contribution in [0, 0.1) is 11.3 Å². The lowest BCUT2D eigenvalue weighted by molar-refractivity contribution is 0.431. The van der Waals surface area contributed by atoms with Crippen LogP contribution in [-0.2, 0) is 0 Å². The Labute approximate surface area is 102 Å². The van der Waals surface area contributed by atoms with E-state index >= 15 is 0 Å². The fraction of sp³-hybridized carbons (Fsp3) is 0.692. The smallest absolute Gasteiger partial charge is 0.0957 e. The molecule has 0 aromatic rings. The van der Waals surface area contributed by atoms with E-state index in [2.05, 4.69) is 32.1 Å². The molecule has 0 aliphatic heterocycles. The third-order valence-electron chi connectivity index (χ3n) is 3.54. The molecule has 1 fully saturated rings. The van der Waals surface area contributed by atoms with Gasteiger partial charge in [0.05, 0.1) is 0 Å². The molecule has 0 saturated heterocycles. The Morgan fingerprint density at radius 3 is 2.60 bits per heavy atom. The zero-order valence-electron chi connectivity index (χ0n) is 9.39. The Bertz CT molecular complexity index is 306. The third kappa shape index (κ3) is 2.26. The lowest BCUT2D eigenvalue weighted by Crippen LogP contribution is -2.36. The summed E-state index contributed by atoms with van der Waals surface area (Å²) < 4.78 is -0.726. The fourth-order valence-corrected chi connectivity index (χ4v) is 2.48. The zero-order chi connectivity index (χ0) is 11.1. The average Bonchev–Trinajstić information content (AvgIpc) is 2.91. The molecule has 2 aliphatic carbocycles.